The molecule has 0 unspecified atom stereocenters. The first kappa shape index (κ1) is 15.9. The van der Waals surface area contributed by atoms with E-state index in [2.05, 4.69) is 9.72 Å². The highest BCUT2D eigenvalue weighted by atomic mass is 19.4. The summed E-state index contributed by atoms with van der Waals surface area (Å²) in [5, 5.41) is 11.2. The number of benzene rings is 1. The maximum Gasteiger partial charge on any atom is 0.573 e. The average molecular weight is 314 g/mol. The van der Waals surface area contributed by atoms with Crippen LogP contribution in [-0.2, 0) is 11.2 Å². The van der Waals surface area contributed by atoms with E-state index in [4.69, 9.17) is 0 Å². The number of alkyl halides is 3. The Morgan fingerprint density at radius 2 is 2.00 bits per heavy atom. The minimum Gasteiger partial charge on any atom is -0.550 e. The summed E-state index contributed by atoms with van der Waals surface area (Å²) in [4.78, 5) is 15.2. The number of hydrogen-bond donors (Lipinski definition) is 0. The van der Waals surface area contributed by atoms with Crippen LogP contribution < -0.4 is 19.7 Å². The lowest BCUT2D eigenvalue weighted by atomic mass is 10.1. The van der Waals surface area contributed by atoms with Gasteiger partial charge in [-0.25, -0.2) is 4.98 Å². The topological polar surface area (TPSA) is 66.7 Å². The number of hydrogen-bond acceptors (Lipinski definition) is 4. The third-order valence-corrected chi connectivity index (χ3v) is 2.92. The lowest BCUT2D eigenvalue weighted by Crippen LogP contribution is -2.28. The Kier molecular flexibility index (Phi) is 4.11. The largest absolute Gasteiger partial charge is 0.573 e. The van der Waals surface area contributed by atoms with Gasteiger partial charge in [0, 0.05) is 26.2 Å². The standard InChI is InChI=1S/C14H13F3N2O3/c1-19(2)12-5-8(6-13(20)21)18-11-4-3-9(7-10(11)12)22-14(15,16)17/h3-5,7H,6H2,1-2H3,(H,20,21). The van der Waals surface area contributed by atoms with Gasteiger partial charge in [-0.2, -0.15) is 0 Å². The number of nitrogens with zero attached hydrogens (tertiary/aromatic N) is 1. The molecule has 22 heavy (non-hydrogen) atoms. The molecule has 8 heteroatoms. The maximum absolute atomic E-state index is 12.3. The van der Waals surface area contributed by atoms with Gasteiger partial charge in [-0.3, -0.25) is 0 Å². The molecule has 0 bridgehead atoms. The van der Waals surface area contributed by atoms with E-state index in [9.17, 15) is 23.1 Å². The second-order valence-corrected chi connectivity index (χ2v) is 4.88. The van der Waals surface area contributed by atoms with E-state index >= 15 is 0 Å². The van der Waals surface area contributed by atoms with E-state index in [1.165, 1.54) is 12.1 Å². The van der Waals surface area contributed by atoms with Crippen LogP contribution in [0.25, 0.3) is 10.9 Å². The molecule has 0 amide bonds. The number of carboxylic acids is 1. The fraction of sp³-hybridized carbons (Fsp3) is 0.286. The number of carbonyl (C=O) groups excluding carboxylic acids is 1. The number of aromatic amines is 1. The van der Waals surface area contributed by atoms with E-state index in [0.29, 0.717) is 22.3 Å². The fourth-order valence-corrected chi connectivity index (χ4v) is 2.11. The summed E-state index contributed by atoms with van der Waals surface area (Å²) in [5.41, 5.74) is 1.45. The minimum absolute atomic E-state index is 0.322. The summed E-state index contributed by atoms with van der Waals surface area (Å²) >= 11 is 0. The van der Waals surface area contributed by atoms with Crippen molar-refractivity contribution in [3.63, 3.8) is 0 Å². The van der Waals surface area contributed by atoms with Gasteiger partial charge in [-0.15, -0.1) is 13.2 Å². The first-order valence-corrected chi connectivity index (χ1v) is 6.27. The second kappa shape index (κ2) is 5.70. The molecule has 0 aliphatic heterocycles. The van der Waals surface area contributed by atoms with Crippen LogP contribution in [0.2, 0.25) is 0 Å². The third kappa shape index (κ3) is 3.78. The third-order valence-electron chi connectivity index (χ3n) is 2.92. The predicted molar refractivity (Wildman–Crippen MR) is 70.2 cm³/mol. The van der Waals surface area contributed by atoms with Gasteiger partial charge in [0.15, 0.2) is 5.69 Å². The number of halogens is 3. The molecule has 0 fully saturated rings. The molecule has 1 N–H and O–H groups in total. The molecule has 1 aromatic heterocycles. The Balaban J connectivity index is 2.55. The number of aromatic nitrogens is 1. The number of H-pyrrole nitrogens is 1. The summed E-state index contributed by atoms with van der Waals surface area (Å²) < 4.78 is 40.8. The Morgan fingerprint density at radius 3 is 2.55 bits per heavy atom. The van der Waals surface area contributed by atoms with Crippen molar-refractivity contribution >= 4 is 22.6 Å². The quantitative estimate of drug-likeness (QED) is 0.841. The number of carbonyl (C=O) groups is 1. The van der Waals surface area contributed by atoms with Gasteiger partial charge in [0.25, 0.3) is 0 Å². The van der Waals surface area contributed by atoms with Crippen molar-refractivity contribution in [2.45, 2.75) is 12.8 Å². The Labute approximate surface area is 123 Å². The molecule has 1 heterocycles. The van der Waals surface area contributed by atoms with Crippen molar-refractivity contribution in [2.75, 3.05) is 19.0 Å². The highest BCUT2D eigenvalue weighted by molar-refractivity contribution is 5.91. The molecule has 0 saturated carbocycles. The van der Waals surface area contributed by atoms with Crippen LogP contribution in [0.5, 0.6) is 5.75 Å². The second-order valence-electron chi connectivity index (χ2n) is 4.88. The van der Waals surface area contributed by atoms with Gasteiger partial charge in [0.05, 0.1) is 23.5 Å². The SMILES string of the molecule is CN(C)c1cc(CC(=O)[O-])[nH+]c2ccc(OC(F)(F)F)cc12. The molecule has 5 nitrogen and oxygen atoms in total. The van der Waals surface area contributed by atoms with Crippen LogP contribution in [0.3, 0.4) is 0 Å². The smallest absolute Gasteiger partial charge is 0.550 e. The lowest BCUT2D eigenvalue weighted by molar-refractivity contribution is -0.361. The van der Waals surface area contributed by atoms with Gasteiger partial charge >= 0.3 is 6.36 Å². The summed E-state index contributed by atoms with van der Waals surface area (Å²) in [5.74, 6) is -1.60. The normalized spacial score (nSPS) is 11.5. The number of nitrogens with one attached hydrogen (secondary N) is 1. The van der Waals surface area contributed by atoms with Gasteiger partial charge in [0.2, 0.25) is 5.52 Å². The molecule has 0 spiro atoms. The van der Waals surface area contributed by atoms with Gasteiger partial charge in [-0.05, 0) is 12.1 Å². The molecule has 0 atom stereocenters. The molecule has 0 radical (unpaired) electrons. The van der Waals surface area contributed by atoms with Gasteiger partial charge < -0.3 is 19.5 Å². The first-order valence-electron chi connectivity index (χ1n) is 6.27. The van der Waals surface area contributed by atoms with Crippen LogP contribution in [0, 0.1) is 0 Å². The van der Waals surface area contributed by atoms with Crippen LogP contribution in [0.15, 0.2) is 24.3 Å². The summed E-state index contributed by atoms with van der Waals surface area (Å²) in [6.07, 6.45) is -5.10. The zero-order chi connectivity index (χ0) is 16.5. The Hall–Kier alpha value is -2.51. The molecule has 0 aliphatic carbocycles. The van der Waals surface area contributed by atoms with Crippen molar-refractivity contribution in [3.05, 3.63) is 30.0 Å². The van der Waals surface area contributed by atoms with Crippen molar-refractivity contribution < 1.29 is 32.8 Å². The number of fused-ring (bicyclic) bond motifs is 1. The van der Waals surface area contributed by atoms with E-state index in [0.717, 1.165) is 6.07 Å². The highest BCUT2D eigenvalue weighted by Gasteiger charge is 2.31. The number of carboxylic acid groups (broad SMARTS) is 1. The molecule has 0 aliphatic rings. The molecular weight excluding hydrogens is 301 g/mol. The fourth-order valence-electron chi connectivity index (χ4n) is 2.11. The van der Waals surface area contributed by atoms with Crippen molar-refractivity contribution in [2.24, 2.45) is 0 Å². The summed E-state index contributed by atoms with van der Waals surface area (Å²) in [6, 6.07) is 5.36. The number of pyridine rings is 1. The van der Waals surface area contributed by atoms with Crippen LogP contribution in [-0.4, -0.2) is 26.4 Å². The number of ether oxygens (including phenoxy) is 1. The minimum atomic E-state index is -4.77. The number of aliphatic carboxylic acids is 1. The summed E-state index contributed by atoms with van der Waals surface area (Å²) in [7, 11) is 3.41. The molecule has 2 rings (SSSR count). The lowest BCUT2D eigenvalue weighted by Gasteiger charge is -2.15. The van der Waals surface area contributed by atoms with Crippen molar-refractivity contribution in [3.8, 4) is 5.75 Å². The Morgan fingerprint density at radius 1 is 1.32 bits per heavy atom. The Bertz CT molecular complexity index is 714. The van der Waals surface area contributed by atoms with Crippen LogP contribution >= 0.6 is 0 Å². The van der Waals surface area contributed by atoms with Gasteiger partial charge in [0.1, 0.15) is 5.75 Å². The summed E-state index contributed by atoms with van der Waals surface area (Å²) in [6.45, 7) is 0. The zero-order valence-corrected chi connectivity index (χ0v) is 11.8. The van der Waals surface area contributed by atoms with E-state index < -0.39 is 12.3 Å². The highest BCUT2D eigenvalue weighted by Crippen LogP contribution is 2.30. The number of rotatable bonds is 4. The van der Waals surface area contributed by atoms with Crippen molar-refractivity contribution in [1.29, 1.82) is 0 Å². The molecule has 2 aromatic rings. The molecule has 1 aromatic carbocycles. The van der Waals surface area contributed by atoms with E-state index in [1.807, 2.05) is 0 Å². The molecule has 118 valence electrons. The first-order chi connectivity index (χ1) is 10.2. The zero-order valence-electron chi connectivity index (χ0n) is 11.8. The molecule has 0 saturated heterocycles. The monoisotopic (exact) mass is 314 g/mol. The van der Waals surface area contributed by atoms with Gasteiger partial charge in [-0.1, -0.05) is 0 Å². The van der Waals surface area contributed by atoms with Crippen LogP contribution in [0.1, 0.15) is 5.69 Å². The van der Waals surface area contributed by atoms with Crippen molar-refractivity contribution in [1.82, 2.24) is 0 Å². The number of anilines is 1. The van der Waals surface area contributed by atoms with E-state index in [1.54, 1.807) is 25.1 Å². The van der Waals surface area contributed by atoms with Crippen LogP contribution in [0.4, 0.5) is 18.9 Å². The molecular formula is C14H13F3N2O3. The maximum atomic E-state index is 12.3. The predicted octanol–water partition coefficient (Wildman–Crippen LogP) is 0.911. The average Bonchev–Trinajstić information content (AvgIpc) is 2.35. The van der Waals surface area contributed by atoms with E-state index in [-0.39, 0.29) is 12.2 Å².